The Balaban J connectivity index is 1.86. The molecule has 0 bridgehead atoms. The van der Waals surface area contributed by atoms with Gasteiger partial charge in [0.25, 0.3) is 0 Å². The molecular formula is C14H16N2O4S. The second-order valence-electron chi connectivity index (χ2n) is 4.87. The van der Waals surface area contributed by atoms with Crippen molar-refractivity contribution in [1.82, 2.24) is 9.71 Å². The average Bonchev–Trinajstić information content (AvgIpc) is 2.97. The summed E-state index contributed by atoms with van der Waals surface area (Å²) in [5.41, 5.74) is 1.30. The number of H-pyrrole nitrogens is 1. The van der Waals surface area contributed by atoms with Gasteiger partial charge in [-0.05, 0) is 12.1 Å². The van der Waals surface area contributed by atoms with Crippen molar-refractivity contribution in [1.29, 1.82) is 0 Å². The van der Waals surface area contributed by atoms with Crippen LogP contribution in [-0.4, -0.2) is 25.1 Å². The minimum absolute atomic E-state index is 0.121. The molecule has 0 spiro atoms. The summed E-state index contributed by atoms with van der Waals surface area (Å²) in [5.74, 6) is 0.710. The number of ether oxygens (including phenoxy) is 1. The van der Waals surface area contributed by atoms with Crippen LogP contribution >= 0.6 is 0 Å². The Morgan fingerprint density at radius 3 is 2.95 bits per heavy atom. The number of aliphatic hydroxyl groups excluding tert-OH is 1. The number of rotatable bonds is 4. The summed E-state index contributed by atoms with van der Waals surface area (Å²) in [5, 5.41) is 9.01. The summed E-state index contributed by atoms with van der Waals surface area (Å²) in [7, 11) is -3.64. The Hall–Kier alpha value is -1.83. The second-order valence-corrected chi connectivity index (χ2v) is 6.58. The summed E-state index contributed by atoms with van der Waals surface area (Å²) in [4.78, 5) is 2.84. The van der Waals surface area contributed by atoms with Gasteiger partial charge in [0.1, 0.15) is 5.75 Å². The SMILES string of the molecule is O=S(=O)(NC1CCOc2ccccc21)c1c[nH]c(CO)c1. The summed E-state index contributed by atoms with van der Waals surface area (Å²) < 4.78 is 33.0. The number of fused-ring (bicyclic) bond motifs is 1. The van der Waals surface area contributed by atoms with Gasteiger partial charge in [0.05, 0.1) is 24.2 Å². The van der Waals surface area contributed by atoms with E-state index in [9.17, 15) is 8.42 Å². The lowest BCUT2D eigenvalue weighted by atomic mass is 10.0. The molecule has 1 aliphatic rings. The molecule has 1 atom stereocenters. The van der Waals surface area contributed by atoms with E-state index in [4.69, 9.17) is 9.84 Å². The van der Waals surface area contributed by atoms with Crippen LogP contribution in [0.15, 0.2) is 41.4 Å². The van der Waals surface area contributed by atoms with Crippen LogP contribution in [0.25, 0.3) is 0 Å². The highest BCUT2D eigenvalue weighted by Gasteiger charge is 2.27. The maximum absolute atomic E-state index is 12.4. The van der Waals surface area contributed by atoms with E-state index in [2.05, 4.69) is 9.71 Å². The molecule has 3 N–H and O–H groups in total. The fraction of sp³-hybridized carbons (Fsp3) is 0.286. The Morgan fingerprint density at radius 2 is 2.19 bits per heavy atom. The zero-order chi connectivity index (χ0) is 14.9. The van der Waals surface area contributed by atoms with Crippen LogP contribution in [0.1, 0.15) is 23.7 Å². The van der Waals surface area contributed by atoms with Crippen molar-refractivity contribution in [2.75, 3.05) is 6.61 Å². The monoisotopic (exact) mass is 308 g/mol. The van der Waals surface area contributed by atoms with Crippen molar-refractivity contribution in [3.05, 3.63) is 47.8 Å². The first-order chi connectivity index (χ1) is 10.1. The van der Waals surface area contributed by atoms with Gasteiger partial charge in [-0.3, -0.25) is 0 Å². The molecule has 21 heavy (non-hydrogen) atoms. The van der Waals surface area contributed by atoms with E-state index in [1.165, 1.54) is 12.3 Å². The van der Waals surface area contributed by atoms with Gasteiger partial charge in [-0.2, -0.15) is 0 Å². The molecule has 3 rings (SSSR count). The average molecular weight is 308 g/mol. The minimum Gasteiger partial charge on any atom is -0.493 e. The third-order valence-corrected chi connectivity index (χ3v) is 4.90. The van der Waals surface area contributed by atoms with Crippen LogP contribution in [0.2, 0.25) is 0 Å². The van der Waals surface area contributed by atoms with E-state index in [1.54, 1.807) is 0 Å². The highest BCUT2D eigenvalue weighted by molar-refractivity contribution is 7.89. The lowest BCUT2D eigenvalue weighted by Crippen LogP contribution is -2.32. The first kappa shape index (κ1) is 14.1. The summed E-state index contributed by atoms with van der Waals surface area (Å²) in [6.07, 6.45) is 1.95. The van der Waals surface area contributed by atoms with Crippen LogP contribution < -0.4 is 9.46 Å². The fourth-order valence-corrected chi connectivity index (χ4v) is 3.65. The molecule has 0 aliphatic carbocycles. The molecule has 2 heterocycles. The zero-order valence-electron chi connectivity index (χ0n) is 11.2. The molecule has 7 heteroatoms. The van der Waals surface area contributed by atoms with Gasteiger partial charge in [0, 0.05) is 23.9 Å². The van der Waals surface area contributed by atoms with Gasteiger partial charge in [0.15, 0.2) is 0 Å². The van der Waals surface area contributed by atoms with E-state index in [0.717, 1.165) is 5.56 Å². The standard InChI is InChI=1S/C14H16N2O4S/c17-9-10-7-11(8-15-10)21(18,19)16-13-5-6-20-14-4-2-1-3-12(13)14/h1-4,7-8,13,15-17H,5-6,9H2. The highest BCUT2D eigenvalue weighted by Crippen LogP contribution is 2.32. The number of aromatic amines is 1. The molecule has 2 aromatic rings. The number of aromatic nitrogens is 1. The predicted molar refractivity (Wildman–Crippen MR) is 76.3 cm³/mol. The maximum Gasteiger partial charge on any atom is 0.242 e. The van der Waals surface area contributed by atoms with Crippen LogP contribution in [0.3, 0.4) is 0 Å². The molecule has 1 aliphatic heterocycles. The minimum atomic E-state index is -3.64. The van der Waals surface area contributed by atoms with Crippen LogP contribution in [-0.2, 0) is 16.6 Å². The van der Waals surface area contributed by atoms with Gasteiger partial charge in [-0.1, -0.05) is 18.2 Å². The van der Waals surface area contributed by atoms with Crippen molar-refractivity contribution in [2.24, 2.45) is 0 Å². The van der Waals surface area contributed by atoms with E-state index >= 15 is 0 Å². The Bertz CT molecular complexity index is 739. The summed E-state index contributed by atoms with van der Waals surface area (Å²) in [6.45, 7) is 0.245. The van der Waals surface area contributed by atoms with Gasteiger partial charge < -0.3 is 14.8 Å². The Labute approximate surface area is 122 Å². The lowest BCUT2D eigenvalue weighted by molar-refractivity contribution is 0.263. The Morgan fingerprint density at radius 1 is 1.38 bits per heavy atom. The third kappa shape index (κ3) is 2.80. The molecule has 0 fully saturated rings. The number of sulfonamides is 1. The molecular weight excluding hydrogens is 292 g/mol. The first-order valence-electron chi connectivity index (χ1n) is 6.62. The molecule has 0 amide bonds. The number of hydrogen-bond donors (Lipinski definition) is 3. The van der Waals surface area contributed by atoms with Gasteiger partial charge in [0.2, 0.25) is 10.0 Å². The molecule has 1 unspecified atom stereocenters. The third-order valence-electron chi connectivity index (χ3n) is 3.45. The van der Waals surface area contributed by atoms with E-state index in [1.807, 2.05) is 24.3 Å². The fourth-order valence-electron chi connectivity index (χ4n) is 2.39. The van der Waals surface area contributed by atoms with Crippen molar-refractivity contribution in [2.45, 2.75) is 24.0 Å². The second kappa shape index (κ2) is 5.51. The quantitative estimate of drug-likeness (QED) is 0.794. The number of nitrogens with one attached hydrogen (secondary N) is 2. The number of hydrogen-bond acceptors (Lipinski definition) is 4. The van der Waals surface area contributed by atoms with E-state index < -0.39 is 10.0 Å². The van der Waals surface area contributed by atoms with Gasteiger partial charge >= 0.3 is 0 Å². The summed E-state index contributed by atoms with van der Waals surface area (Å²) >= 11 is 0. The molecule has 0 radical (unpaired) electrons. The van der Waals surface area contributed by atoms with Gasteiger partial charge in [-0.15, -0.1) is 0 Å². The largest absolute Gasteiger partial charge is 0.493 e. The number of aliphatic hydroxyl groups is 1. The molecule has 6 nitrogen and oxygen atoms in total. The zero-order valence-corrected chi connectivity index (χ0v) is 12.1. The first-order valence-corrected chi connectivity index (χ1v) is 8.10. The molecule has 1 aromatic carbocycles. The molecule has 0 saturated heterocycles. The van der Waals surface area contributed by atoms with Crippen molar-refractivity contribution >= 4 is 10.0 Å². The van der Waals surface area contributed by atoms with E-state index in [0.29, 0.717) is 24.5 Å². The number of benzene rings is 1. The number of para-hydroxylation sites is 1. The van der Waals surface area contributed by atoms with Crippen LogP contribution in [0.5, 0.6) is 5.75 Å². The van der Waals surface area contributed by atoms with Crippen LogP contribution in [0, 0.1) is 0 Å². The smallest absolute Gasteiger partial charge is 0.242 e. The van der Waals surface area contributed by atoms with Gasteiger partial charge in [-0.25, -0.2) is 13.1 Å². The maximum atomic E-state index is 12.4. The van der Waals surface area contributed by atoms with Crippen molar-refractivity contribution in [3.63, 3.8) is 0 Å². The topological polar surface area (TPSA) is 91.4 Å². The predicted octanol–water partition coefficient (Wildman–Crippen LogP) is 1.31. The summed E-state index contributed by atoms with van der Waals surface area (Å²) in [6, 6.07) is 8.51. The highest BCUT2D eigenvalue weighted by atomic mass is 32.2. The van der Waals surface area contributed by atoms with Crippen LogP contribution in [0.4, 0.5) is 0 Å². The molecule has 1 aromatic heterocycles. The van der Waals surface area contributed by atoms with Crippen molar-refractivity contribution in [3.8, 4) is 5.75 Å². The normalized spacial score (nSPS) is 18.0. The molecule has 0 saturated carbocycles. The lowest BCUT2D eigenvalue weighted by Gasteiger charge is -2.26. The van der Waals surface area contributed by atoms with Crippen molar-refractivity contribution < 1.29 is 18.3 Å². The molecule has 112 valence electrons. The Kier molecular flexibility index (Phi) is 3.71. The van der Waals surface area contributed by atoms with E-state index in [-0.39, 0.29) is 17.5 Å².